The topological polar surface area (TPSA) is 25.1 Å². The van der Waals surface area contributed by atoms with E-state index in [0.29, 0.717) is 12.2 Å². The van der Waals surface area contributed by atoms with E-state index in [2.05, 4.69) is 6.92 Å². The highest BCUT2D eigenvalue weighted by molar-refractivity contribution is 4.81. The Morgan fingerprint density at radius 1 is 1.27 bits per heavy atom. The van der Waals surface area contributed by atoms with Crippen LogP contribution in [0.4, 0.5) is 0 Å². The van der Waals surface area contributed by atoms with E-state index in [1.165, 1.54) is 6.42 Å². The summed E-state index contributed by atoms with van der Waals surface area (Å²) in [6.45, 7) is 4.20. The minimum absolute atomic E-state index is 0. The van der Waals surface area contributed by atoms with Crippen LogP contribution in [-0.4, -0.2) is 25.4 Å². The first-order valence-electron chi connectivity index (χ1n) is 3.59. The van der Waals surface area contributed by atoms with Gasteiger partial charge in [-0.3, -0.25) is 0 Å². The fourth-order valence-electron chi connectivity index (χ4n) is 1.15. The number of hydrogen-bond acceptors (Lipinski definition) is 2. The Kier molecular flexibility index (Phi) is 4.04. The molecule has 2 rings (SSSR count). The molecular formula is C9H20O2. The monoisotopic (exact) mass is 160 g/mol. The average molecular weight is 160 g/mol. The second-order valence-electron chi connectivity index (χ2n) is 3.04. The summed E-state index contributed by atoms with van der Waals surface area (Å²) in [5.41, 5.74) is 0. The molecule has 2 fully saturated rings. The summed E-state index contributed by atoms with van der Waals surface area (Å²) in [7, 11) is 0. The summed E-state index contributed by atoms with van der Waals surface area (Å²) in [6, 6.07) is 0. The quantitative estimate of drug-likeness (QED) is 0.590. The minimum Gasteiger partial charge on any atom is -0.373 e. The molecule has 3 unspecified atom stereocenters. The van der Waals surface area contributed by atoms with E-state index >= 15 is 0 Å². The molecule has 0 saturated carbocycles. The summed E-state index contributed by atoms with van der Waals surface area (Å²) >= 11 is 0. The molecule has 2 saturated heterocycles. The van der Waals surface area contributed by atoms with Crippen molar-refractivity contribution in [2.24, 2.45) is 5.92 Å². The normalized spacial score (nSPS) is 34.6. The standard InChI is InChI=1S/C7H12O2.2CH4/c1-5(7-4-9-7)2-6-3-8-6;;/h5-7H,2-4H2,1H3;2*1H4. The molecule has 2 heterocycles. The van der Waals surface area contributed by atoms with Crippen LogP contribution in [0.15, 0.2) is 0 Å². The lowest BCUT2D eigenvalue weighted by atomic mass is 10.0. The van der Waals surface area contributed by atoms with Crippen LogP contribution in [0, 0.1) is 5.92 Å². The molecule has 0 aromatic rings. The van der Waals surface area contributed by atoms with E-state index in [9.17, 15) is 0 Å². The second kappa shape index (κ2) is 4.07. The Labute approximate surface area is 69.9 Å². The average Bonchev–Trinajstić information content (AvgIpc) is 2.62. The summed E-state index contributed by atoms with van der Waals surface area (Å²) < 4.78 is 10.2. The fraction of sp³-hybridized carbons (Fsp3) is 1.00. The molecule has 0 spiro atoms. The predicted octanol–water partition coefficient (Wildman–Crippen LogP) is 2.08. The molecule has 3 atom stereocenters. The Morgan fingerprint density at radius 3 is 2.18 bits per heavy atom. The van der Waals surface area contributed by atoms with Crippen LogP contribution >= 0.6 is 0 Å². The minimum atomic E-state index is 0. The molecular weight excluding hydrogens is 140 g/mol. The predicted molar refractivity (Wildman–Crippen MR) is 46.7 cm³/mol. The highest BCUT2D eigenvalue weighted by atomic mass is 16.6. The smallest absolute Gasteiger partial charge is 0.0836 e. The number of ether oxygens (including phenoxy) is 2. The zero-order valence-electron chi connectivity index (χ0n) is 5.67. The Balaban J connectivity index is 0.000000500. The lowest BCUT2D eigenvalue weighted by molar-refractivity contribution is 0.299. The van der Waals surface area contributed by atoms with Crippen molar-refractivity contribution in [1.82, 2.24) is 0 Å². The summed E-state index contributed by atoms with van der Waals surface area (Å²) in [5.74, 6) is 0.720. The van der Waals surface area contributed by atoms with Crippen molar-refractivity contribution in [3.8, 4) is 0 Å². The molecule has 0 N–H and O–H groups in total. The van der Waals surface area contributed by atoms with Crippen molar-refractivity contribution in [3.63, 3.8) is 0 Å². The lowest BCUT2D eigenvalue weighted by Gasteiger charge is -2.02. The zero-order valence-corrected chi connectivity index (χ0v) is 5.67. The molecule has 0 aromatic carbocycles. The number of rotatable bonds is 3. The molecule has 2 aliphatic rings. The Morgan fingerprint density at radius 2 is 1.82 bits per heavy atom. The van der Waals surface area contributed by atoms with Crippen LogP contribution in [0.25, 0.3) is 0 Å². The van der Waals surface area contributed by atoms with Crippen LogP contribution in [0.5, 0.6) is 0 Å². The third-order valence-corrected chi connectivity index (χ3v) is 2.03. The van der Waals surface area contributed by atoms with Gasteiger partial charge in [0.2, 0.25) is 0 Å². The van der Waals surface area contributed by atoms with E-state index in [0.717, 1.165) is 19.1 Å². The van der Waals surface area contributed by atoms with Crippen molar-refractivity contribution in [3.05, 3.63) is 0 Å². The summed E-state index contributed by atoms with van der Waals surface area (Å²) in [4.78, 5) is 0. The zero-order chi connectivity index (χ0) is 6.27. The van der Waals surface area contributed by atoms with Crippen molar-refractivity contribution < 1.29 is 9.47 Å². The first kappa shape index (κ1) is 10.9. The van der Waals surface area contributed by atoms with Gasteiger partial charge in [0, 0.05) is 0 Å². The van der Waals surface area contributed by atoms with E-state index in [1.807, 2.05) is 0 Å². The molecule has 0 radical (unpaired) electrons. The molecule has 68 valence electrons. The SMILES string of the molecule is C.C.CC(CC1CO1)C1CO1. The van der Waals surface area contributed by atoms with Crippen molar-refractivity contribution >= 4 is 0 Å². The van der Waals surface area contributed by atoms with E-state index < -0.39 is 0 Å². The van der Waals surface area contributed by atoms with E-state index in [4.69, 9.17) is 9.47 Å². The van der Waals surface area contributed by atoms with Crippen LogP contribution in [0.2, 0.25) is 0 Å². The maximum atomic E-state index is 5.14. The first-order chi connectivity index (χ1) is 4.36. The summed E-state index contributed by atoms with van der Waals surface area (Å²) in [6.07, 6.45) is 2.34. The molecule has 11 heavy (non-hydrogen) atoms. The highest BCUT2D eigenvalue weighted by Gasteiger charge is 2.34. The Bertz CT molecular complexity index is 106. The van der Waals surface area contributed by atoms with Gasteiger partial charge in [0.15, 0.2) is 0 Å². The van der Waals surface area contributed by atoms with E-state index in [-0.39, 0.29) is 14.9 Å². The van der Waals surface area contributed by atoms with Crippen LogP contribution in [0.1, 0.15) is 28.2 Å². The van der Waals surface area contributed by atoms with Gasteiger partial charge in [-0.2, -0.15) is 0 Å². The van der Waals surface area contributed by atoms with Crippen molar-refractivity contribution in [2.45, 2.75) is 40.4 Å². The van der Waals surface area contributed by atoms with Crippen molar-refractivity contribution in [1.29, 1.82) is 0 Å². The van der Waals surface area contributed by atoms with Gasteiger partial charge in [-0.1, -0.05) is 21.8 Å². The Hall–Kier alpha value is -0.0800. The van der Waals surface area contributed by atoms with Gasteiger partial charge in [0.25, 0.3) is 0 Å². The molecule has 2 heteroatoms. The molecule has 2 aliphatic heterocycles. The van der Waals surface area contributed by atoms with Gasteiger partial charge in [-0.15, -0.1) is 0 Å². The van der Waals surface area contributed by atoms with Gasteiger partial charge < -0.3 is 9.47 Å². The third-order valence-electron chi connectivity index (χ3n) is 2.03. The van der Waals surface area contributed by atoms with Crippen LogP contribution in [0.3, 0.4) is 0 Å². The first-order valence-corrected chi connectivity index (χ1v) is 3.59. The number of epoxide rings is 2. The third kappa shape index (κ3) is 3.21. The van der Waals surface area contributed by atoms with Crippen LogP contribution < -0.4 is 0 Å². The van der Waals surface area contributed by atoms with Crippen LogP contribution in [-0.2, 0) is 9.47 Å². The lowest BCUT2D eigenvalue weighted by Crippen LogP contribution is -2.06. The van der Waals surface area contributed by atoms with Gasteiger partial charge in [-0.05, 0) is 12.3 Å². The largest absolute Gasteiger partial charge is 0.373 e. The molecule has 0 aliphatic carbocycles. The molecule has 0 bridgehead atoms. The van der Waals surface area contributed by atoms with Gasteiger partial charge in [0.05, 0.1) is 25.4 Å². The summed E-state index contributed by atoms with van der Waals surface area (Å²) in [5, 5.41) is 0. The maximum Gasteiger partial charge on any atom is 0.0836 e. The molecule has 2 nitrogen and oxygen atoms in total. The molecule has 0 aromatic heterocycles. The van der Waals surface area contributed by atoms with Gasteiger partial charge in [-0.25, -0.2) is 0 Å². The number of hydrogen-bond donors (Lipinski definition) is 0. The van der Waals surface area contributed by atoms with Gasteiger partial charge in [0.1, 0.15) is 0 Å². The molecule has 0 amide bonds. The second-order valence-corrected chi connectivity index (χ2v) is 3.04. The highest BCUT2D eigenvalue weighted by Crippen LogP contribution is 2.28. The van der Waals surface area contributed by atoms with E-state index in [1.54, 1.807) is 0 Å². The van der Waals surface area contributed by atoms with Gasteiger partial charge >= 0.3 is 0 Å². The maximum absolute atomic E-state index is 5.14. The fourth-order valence-corrected chi connectivity index (χ4v) is 1.15. The van der Waals surface area contributed by atoms with Crippen molar-refractivity contribution in [2.75, 3.05) is 13.2 Å².